The van der Waals surface area contributed by atoms with Crippen LogP contribution in [-0.4, -0.2) is 11.2 Å². The van der Waals surface area contributed by atoms with Gasteiger partial charge < -0.3 is 10.6 Å². The van der Waals surface area contributed by atoms with Crippen LogP contribution in [0.5, 0.6) is 0 Å². The van der Waals surface area contributed by atoms with E-state index in [0.29, 0.717) is 11.2 Å². The number of rotatable bonds is 3. The highest BCUT2D eigenvalue weighted by Crippen LogP contribution is 2.07. The van der Waals surface area contributed by atoms with E-state index >= 15 is 0 Å². The smallest absolute Gasteiger partial charge is 0.170 e. The van der Waals surface area contributed by atoms with Crippen molar-refractivity contribution in [2.75, 3.05) is 5.32 Å². The van der Waals surface area contributed by atoms with E-state index in [1.165, 1.54) is 12.1 Å². The second-order valence-corrected chi connectivity index (χ2v) is 3.82. The van der Waals surface area contributed by atoms with Gasteiger partial charge in [0.1, 0.15) is 5.82 Å². The summed E-state index contributed by atoms with van der Waals surface area (Å²) in [5, 5.41) is 6.67. The van der Waals surface area contributed by atoms with E-state index in [4.69, 9.17) is 12.2 Å². The van der Waals surface area contributed by atoms with Crippen molar-refractivity contribution in [3.05, 3.63) is 30.1 Å². The Hall–Kier alpha value is -1.16. The van der Waals surface area contributed by atoms with Crippen molar-refractivity contribution in [2.45, 2.75) is 26.3 Å². The van der Waals surface area contributed by atoms with Gasteiger partial charge >= 0.3 is 0 Å². The maximum Gasteiger partial charge on any atom is 0.170 e. The summed E-state index contributed by atoms with van der Waals surface area (Å²) in [6, 6.07) is 6.44. The molecule has 0 radical (unpaired) electrons. The van der Waals surface area contributed by atoms with E-state index in [0.717, 1.165) is 12.1 Å². The third kappa shape index (κ3) is 4.25. The second kappa shape index (κ2) is 5.66. The van der Waals surface area contributed by atoms with Crippen LogP contribution in [0.4, 0.5) is 10.1 Å². The Kier molecular flexibility index (Phi) is 4.49. The molecule has 1 aromatic carbocycles. The molecule has 0 aliphatic heterocycles. The van der Waals surface area contributed by atoms with Gasteiger partial charge in [0, 0.05) is 11.7 Å². The molecule has 0 bridgehead atoms. The SMILES string of the molecule is CC[C@H](C)NC(=S)Nc1ccc(F)cc1. The van der Waals surface area contributed by atoms with Crippen molar-refractivity contribution in [1.29, 1.82) is 0 Å². The maximum absolute atomic E-state index is 12.6. The van der Waals surface area contributed by atoms with Crippen LogP contribution in [0.1, 0.15) is 20.3 Å². The molecule has 1 rings (SSSR count). The molecule has 4 heteroatoms. The molecule has 0 aliphatic rings. The molecule has 1 aromatic rings. The van der Waals surface area contributed by atoms with E-state index < -0.39 is 0 Å². The number of halogens is 1. The molecular weight excluding hydrogens is 211 g/mol. The fourth-order valence-corrected chi connectivity index (χ4v) is 1.35. The number of nitrogens with one attached hydrogen (secondary N) is 2. The van der Waals surface area contributed by atoms with Crippen LogP contribution in [-0.2, 0) is 0 Å². The zero-order valence-corrected chi connectivity index (χ0v) is 9.70. The molecule has 0 unspecified atom stereocenters. The van der Waals surface area contributed by atoms with Gasteiger partial charge in [-0.25, -0.2) is 4.39 Å². The van der Waals surface area contributed by atoms with E-state index in [2.05, 4.69) is 24.5 Å². The average molecular weight is 226 g/mol. The van der Waals surface area contributed by atoms with Gasteiger partial charge in [0.05, 0.1) is 0 Å². The van der Waals surface area contributed by atoms with Gasteiger partial charge in [0.2, 0.25) is 0 Å². The predicted octanol–water partition coefficient (Wildman–Crippen LogP) is 2.91. The lowest BCUT2D eigenvalue weighted by Crippen LogP contribution is -2.35. The molecule has 0 aromatic heterocycles. The summed E-state index contributed by atoms with van der Waals surface area (Å²) in [5.41, 5.74) is 0.789. The van der Waals surface area contributed by atoms with E-state index in [1.807, 2.05) is 0 Å². The Labute approximate surface area is 94.9 Å². The number of thiocarbonyl (C=S) groups is 1. The van der Waals surface area contributed by atoms with Gasteiger partial charge in [-0.1, -0.05) is 6.92 Å². The highest BCUT2D eigenvalue weighted by atomic mass is 32.1. The third-order valence-corrected chi connectivity index (χ3v) is 2.31. The van der Waals surface area contributed by atoms with Gasteiger partial charge in [-0.2, -0.15) is 0 Å². The van der Waals surface area contributed by atoms with Crippen molar-refractivity contribution in [1.82, 2.24) is 5.32 Å². The summed E-state index contributed by atoms with van der Waals surface area (Å²) in [4.78, 5) is 0. The second-order valence-electron chi connectivity index (χ2n) is 3.41. The van der Waals surface area contributed by atoms with Crippen molar-refractivity contribution in [3.63, 3.8) is 0 Å². The Morgan fingerprint density at radius 1 is 1.40 bits per heavy atom. The summed E-state index contributed by atoms with van der Waals surface area (Å²) in [6.07, 6.45) is 1.01. The number of anilines is 1. The van der Waals surface area contributed by atoms with Crippen molar-refractivity contribution >= 4 is 23.0 Å². The van der Waals surface area contributed by atoms with Gasteiger partial charge in [-0.15, -0.1) is 0 Å². The first-order chi connectivity index (χ1) is 7.11. The lowest BCUT2D eigenvalue weighted by Gasteiger charge is -2.15. The monoisotopic (exact) mass is 226 g/mol. The van der Waals surface area contributed by atoms with Crippen LogP contribution < -0.4 is 10.6 Å². The van der Waals surface area contributed by atoms with Crippen LogP contribution in [0.3, 0.4) is 0 Å². The number of hydrogen-bond donors (Lipinski definition) is 2. The fourth-order valence-electron chi connectivity index (χ4n) is 1.03. The fraction of sp³-hybridized carbons (Fsp3) is 0.364. The first-order valence-corrected chi connectivity index (χ1v) is 5.35. The van der Waals surface area contributed by atoms with Gasteiger partial charge in [-0.05, 0) is 49.8 Å². The molecule has 1 atom stereocenters. The molecule has 0 saturated carbocycles. The first kappa shape index (κ1) is 11.9. The first-order valence-electron chi connectivity index (χ1n) is 4.95. The molecule has 0 spiro atoms. The summed E-state index contributed by atoms with van der Waals surface area (Å²) >= 11 is 5.10. The van der Waals surface area contributed by atoms with Crippen LogP contribution in [0, 0.1) is 5.82 Å². The standard InChI is InChI=1S/C11H15FN2S/c1-3-8(2)13-11(15)14-10-6-4-9(12)5-7-10/h4-8H,3H2,1-2H3,(H2,13,14,15)/t8-/m0/s1. The molecular formula is C11H15FN2S. The molecule has 0 aliphatic carbocycles. The number of hydrogen-bond acceptors (Lipinski definition) is 1. The molecule has 0 heterocycles. The summed E-state index contributed by atoms with van der Waals surface area (Å²) in [5.74, 6) is -0.249. The van der Waals surface area contributed by atoms with Crippen LogP contribution in [0.2, 0.25) is 0 Å². The highest BCUT2D eigenvalue weighted by Gasteiger charge is 2.01. The molecule has 0 amide bonds. The lowest BCUT2D eigenvalue weighted by molar-refractivity contribution is 0.628. The third-order valence-electron chi connectivity index (χ3n) is 2.09. The van der Waals surface area contributed by atoms with E-state index in [-0.39, 0.29) is 5.82 Å². The minimum atomic E-state index is -0.249. The molecule has 2 N–H and O–H groups in total. The Morgan fingerprint density at radius 2 is 2.00 bits per heavy atom. The maximum atomic E-state index is 12.6. The normalized spacial score (nSPS) is 11.9. The van der Waals surface area contributed by atoms with E-state index in [9.17, 15) is 4.39 Å². The Morgan fingerprint density at radius 3 is 2.53 bits per heavy atom. The van der Waals surface area contributed by atoms with Gasteiger partial charge in [-0.3, -0.25) is 0 Å². The highest BCUT2D eigenvalue weighted by molar-refractivity contribution is 7.80. The molecule has 82 valence electrons. The molecule has 15 heavy (non-hydrogen) atoms. The van der Waals surface area contributed by atoms with Crippen LogP contribution >= 0.6 is 12.2 Å². The quantitative estimate of drug-likeness (QED) is 0.775. The molecule has 0 fully saturated rings. The minimum Gasteiger partial charge on any atom is -0.360 e. The van der Waals surface area contributed by atoms with Crippen molar-refractivity contribution < 1.29 is 4.39 Å². The predicted molar refractivity (Wildman–Crippen MR) is 65.5 cm³/mol. The van der Waals surface area contributed by atoms with Gasteiger partial charge in [0.15, 0.2) is 5.11 Å². The number of benzene rings is 1. The topological polar surface area (TPSA) is 24.1 Å². The van der Waals surface area contributed by atoms with E-state index in [1.54, 1.807) is 12.1 Å². The molecule has 2 nitrogen and oxygen atoms in total. The molecule has 0 saturated heterocycles. The van der Waals surface area contributed by atoms with Crippen LogP contribution in [0.15, 0.2) is 24.3 Å². The Balaban J connectivity index is 2.48. The largest absolute Gasteiger partial charge is 0.360 e. The summed E-state index contributed by atoms with van der Waals surface area (Å²) in [6.45, 7) is 4.14. The zero-order chi connectivity index (χ0) is 11.3. The summed E-state index contributed by atoms with van der Waals surface area (Å²) in [7, 11) is 0. The lowest BCUT2D eigenvalue weighted by atomic mass is 10.3. The zero-order valence-electron chi connectivity index (χ0n) is 8.88. The van der Waals surface area contributed by atoms with Crippen molar-refractivity contribution in [2.24, 2.45) is 0 Å². The van der Waals surface area contributed by atoms with Gasteiger partial charge in [0.25, 0.3) is 0 Å². The Bertz CT molecular complexity index is 324. The van der Waals surface area contributed by atoms with Crippen LogP contribution in [0.25, 0.3) is 0 Å². The summed E-state index contributed by atoms with van der Waals surface area (Å²) < 4.78 is 12.6. The average Bonchev–Trinajstić information content (AvgIpc) is 2.21. The minimum absolute atomic E-state index is 0.249. The van der Waals surface area contributed by atoms with Crippen molar-refractivity contribution in [3.8, 4) is 0 Å².